The number of carboxylic acid groups (broad SMARTS) is 1. The number of nitrogens with zero attached hydrogens (tertiary/aromatic N) is 2. The molecule has 1 fully saturated rings. The van der Waals surface area contributed by atoms with Gasteiger partial charge in [0.25, 0.3) is 0 Å². The zero-order valence-corrected chi connectivity index (χ0v) is 8.93. The number of hydrogen-bond acceptors (Lipinski definition) is 4. The fourth-order valence-electron chi connectivity index (χ4n) is 1.91. The molecule has 0 aromatic carbocycles. The first-order chi connectivity index (χ1) is 7.77. The Balaban J connectivity index is 2.10. The molecule has 16 heavy (non-hydrogen) atoms. The summed E-state index contributed by atoms with van der Waals surface area (Å²) in [5.41, 5.74) is 0.0839. The van der Waals surface area contributed by atoms with E-state index in [9.17, 15) is 4.79 Å². The normalized spacial score (nSPS) is 17.0. The Morgan fingerprint density at radius 1 is 1.38 bits per heavy atom. The summed E-state index contributed by atoms with van der Waals surface area (Å²) in [5.74, 6) is -0.886. The quantitative estimate of drug-likeness (QED) is 0.845. The minimum absolute atomic E-state index is 0.0839. The Morgan fingerprint density at radius 2 is 2.12 bits per heavy atom. The van der Waals surface area contributed by atoms with Crippen LogP contribution in [0.3, 0.4) is 0 Å². The fourth-order valence-corrected chi connectivity index (χ4v) is 1.91. The molecule has 0 atom stereocenters. The van der Waals surface area contributed by atoms with E-state index >= 15 is 0 Å². The molecule has 0 spiro atoms. The molecule has 0 saturated heterocycles. The molecule has 2 rings (SSSR count). The third-order valence-electron chi connectivity index (χ3n) is 2.75. The molecular weight excluding hydrogens is 208 g/mol. The third kappa shape index (κ3) is 2.48. The lowest BCUT2D eigenvalue weighted by Crippen LogP contribution is -2.21. The average molecular weight is 222 g/mol. The predicted molar refractivity (Wildman–Crippen MR) is 56.5 cm³/mol. The van der Waals surface area contributed by atoms with Gasteiger partial charge in [-0.25, -0.2) is 4.79 Å². The molecule has 1 heterocycles. The number of carboxylic acids is 1. The van der Waals surface area contributed by atoms with Gasteiger partial charge in [-0.3, -0.25) is 0 Å². The highest BCUT2D eigenvalue weighted by atomic mass is 16.5. The van der Waals surface area contributed by atoms with Gasteiger partial charge in [0.15, 0.2) is 0 Å². The summed E-state index contributed by atoms with van der Waals surface area (Å²) >= 11 is 0. The van der Waals surface area contributed by atoms with Crippen LogP contribution in [-0.4, -0.2) is 27.4 Å². The van der Waals surface area contributed by atoms with Gasteiger partial charge < -0.3 is 9.84 Å². The minimum atomic E-state index is -1.03. The van der Waals surface area contributed by atoms with Gasteiger partial charge in [-0.1, -0.05) is 6.42 Å². The second kappa shape index (κ2) is 4.92. The molecule has 1 aliphatic carbocycles. The second-order valence-corrected chi connectivity index (χ2v) is 3.93. The fraction of sp³-hybridized carbons (Fsp3) is 0.545. The zero-order valence-electron chi connectivity index (χ0n) is 8.93. The van der Waals surface area contributed by atoms with Crippen LogP contribution in [0, 0.1) is 0 Å². The smallest absolute Gasteiger partial charge is 0.341 e. The number of carbonyl (C=O) groups is 1. The number of rotatable bonds is 3. The Labute approximate surface area is 93.5 Å². The zero-order chi connectivity index (χ0) is 11.4. The van der Waals surface area contributed by atoms with Crippen LogP contribution in [0.25, 0.3) is 0 Å². The van der Waals surface area contributed by atoms with Crippen molar-refractivity contribution in [1.82, 2.24) is 10.2 Å². The van der Waals surface area contributed by atoms with Crippen LogP contribution in [0.2, 0.25) is 0 Å². The molecule has 86 valence electrons. The van der Waals surface area contributed by atoms with Crippen molar-refractivity contribution in [3.63, 3.8) is 0 Å². The first-order valence-corrected chi connectivity index (χ1v) is 5.49. The molecule has 5 nitrogen and oxygen atoms in total. The van der Waals surface area contributed by atoms with E-state index in [1.165, 1.54) is 18.7 Å². The molecule has 1 N–H and O–H groups in total. The van der Waals surface area contributed by atoms with Crippen molar-refractivity contribution in [2.45, 2.75) is 38.2 Å². The molecule has 1 aliphatic rings. The van der Waals surface area contributed by atoms with E-state index in [1.54, 1.807) is 0 Å². The Kier molecular flexibility index (Phi) is 3.34. The van der Waals surface area contributed by atoms with Gasteiger partial charge >= 0.3 is 5.97 Å². The number of ether oxygens (including phenoxy) is 1. The van der Waals surface area contributed by atoms with Crippen LogP contribution in [0.5, 0.6) is 5.88 Å². The van der Waals surface area contributed by atoms with Gasteiger partial charge in [0.05, 0.1) is 6.20 Å². The topological polar surface area (TPSA) is 72.3 Å². The maximum atomic E-state index is 10.9. The Morgan fingerprint density at radius 3 is 2.81 bits per heavy atom. The van der Waals surface area contributed by atoms with Gasteiger partial charge in [-0.15, -0.1) is 5.10 Å². The molecule has 0 amide bonds. The molecule has 0 aliphatic heterocycles. The van der Waals surface area contributed by atoms with E-state index in [0.29, 0.717) is 0 Å². The van der Waals surface area contributed by atoms with Crippen LogP contribution in [0.15, 0.2) is 12.3 Å². The first kappa shape index (κ1) is 10.9. The van der Waals surface area contributed by atoms with Crippen molar-refractivity contribution in [1.29, 1.82) is 0 Å². The van der Waals surface area contributed by atoms with Gasteiger partial charge in [0, 0.05) is 0 Å². The van der Waals surface area contributed by atoms with E-state index in [1.807, 2.05) is 0 Å². The highest BCUT2D eigenvalue weighted by Crippen LogP contribution is 2.23. The number of aromatic nitrogens is 2. The van der Waals surface area contributed by atoms with Crippen molar-refractivity contribution in [3.05, 3.63) is 17.8 Å². The number of aromatic carboxylic acids is 1. The summed E-state index contributed by atoms with van der Waals surface area (Å²) in [4.78, 5) is 10.9. The minimum Gasteiger partial charge on any atom is -0.477 e. The van der Waals surface area contributed by atoms with Gasteiger partial charge in [-0.05, 0) is 31.7 Å². The molecule has 0 unspecified atom stereocenters. The Bertz CT molecular complexity index is 375. The summed E-state index contributed by atoms with van der Waals surface area (Å²) < 4.78 is 5.59. The van der Waals surface area contributed by atoms with Crippen molar-refractivity contribution < 1.29 is 14.6 Å². The first-order valence-electron chi connectivity index (χ1n) is 5.49. The van der Waals surface area contributed by atoms with Crippen molar-refractivity contribution in [2.75, 3.05) is 0 Å². The summed E-state index contributed by atoms with van der Waals surface area (Å²) in [5, 5.41) is 16.3. The molecule has 1 aromatic heterocycles. The lowest BCUT2D eigenvalue weighted by atomic mass is 9.98. The van der Waals surface area contributed by atoms with Crippen molar-refractivity contribution in [2.24, 2.45) is 0 Å². The third-order valence-corrected chi connectivity index (χ3v) is 2.75. The van der Waals surface area contributed by atoms with E-state index in [2.05, 4.69) is 10.2 Å². The van der Waals surface area contributed by atoms with Gasteiger partial charge in [0.1, 0.15) is 11.7 Å². The van der Waals surface area contributed by atoms with E-state index in [0.717, 1.165) is 25.7 Å². The van der Waals surface area contributed by atoms with Crippen LogP contribution < -0.4 is 4.74 Å². The second-order valence-electron chi connectivity index (χ2n) is 3.93. The molecule has 0 radical (unpaired) electrons. The van der Waals surface area contributed by atoms with Crippen molar-refractivity contribution >= 4 is 5.97 Å². The van der Waals surface area contributed by atoms with Crippen LogP contribution >= 0.6 is 0 Å². The van der Waals surface area contributed by atoms with E-state index in [4.69, 9.17) is 9.84 Å². The maximum absolute atomic E-state index is 10.9. The highest BCUT2D eigenvalue weighted by Gasteiger charge is 2.19. The standard InChI is InChI=1S/C11H14N2O3/c14-11(15)9-6-7-12-13-10(9)16-8-4-2-1-3-5-8/h6-8H,1-5H2,(H,14,15). The monoisotopic (exact) mass is 222 g/mol. The summed E-state index contributed by atoms with van der Waals surface area (Å²) in [6.07, 6.45) is 6.87. The summed E-state index contributed by atoms with van der Waals surface area (Å²) in [6.45, 7) is 0. The number of hydrogen-bond donors (Lipinski definition) is 1. The molecule has 1 aromatic rings. The van der Waals surface area contributed by atoms with Crippen LogP contribution in [0.4, 0.5) is 0 Å². The predicted octanol–water partition coefficient (Wildman–Crippen LogP) is 1.89. The van der Waals surface area contributed by atoms with Crippen LogP contribution in [0.1, 0.15) is 42.5 Å². The highest BCUT2D eigenvalue weighted by molar-refractivity contribution is 5.89. The molecular formula is C11H14N2O3. The molecule has 1 saturated carbocycles. The molecule has 0 bridgehead atoms. The average Bonchev–Trinajstić information content (AvgIpc) is 2.31. The summed E-state index contributed by atoms with van der Waals surface area (Å²) in [7, 11) is 0. The SMILES string of the molecule is O=C(O)c1ccnnc1OC1CCCCC1. The largest absolute Gasteiger partial charge is 0.477 e. The van der Waals surface area contributed by atoms with Gasteiger partial charge in [-0.2, -0.15) is 5.10 Å². The summed E-state index contributed by atoms with van der Waals surface area (Å²) in [6, 6.07) is 1.41. The van der Waals surface area contributed by atoms with E-state index in [-0.39, 0.29) is 17.5 Å². The maximum Gasteiger partial charge on any atom is 0.341 e. The van der Waals surface area contributed by atoms with Gasteiger partial charge in [0.2, 0.25) is 5.88 Å². The lowest BCUT2D eigenvalue weighted by molar-refractivity contribution is 0.0683. The molecule has 5 heteroatoms. The van der Waals surface area contributed by atoms with E-state index < -0.39 is 5.97 Å². The van der Waals surface area contributed by atoms with Crippen LogP contribution in [-0.2, 0) is 0 Å². The Hall–Kier alpha value is -1.65. The van der Waals surface area contributed by atoms with Crippen molar-refractivity contribution in [3.8, 4) is 5.88 Å². The lowest BCUT2D eigenvalue weighted by Gasteiger charge is -2.22.